The predicted octanol–water partition coefficient (Wildman–Crippen LogP) is 4.13. The summed E-state index contributed by atoms with van der Waals surface area (Å²) in [6.07, 6.45) is 3.14. The molecule has 3 aromatic heterocycles. The Labute approximate surface area is 182 Å². The highest BCUT2D eigenvalue weighted by molar-refractivity contribution is 7.18. The van der Waals surface area contributed by atoms with E-state index in [-0.39, 0.29) is 12.5 Å². The van der Waals surface area contributed by atoms with Crippen LogP contribution in [0.15, 0.2) is 60.9 Å². The summed E-state index contributed by atoms with van der Waals surface area (Å²) in [7, 11) is 0. The lowest BCUT2D eigenvalue weighted by Crippen LogP contribution is -2.13. The van der Waals surface area contributed by atoms with Crippen molar-refractivity contribution in [2.75, 3.05) is 11.9 Å². The van der Waals surface area contributed by atoms with Crippen molar-refractivity contribution in [2.24, 2.45) is 0 Å². The minimum absolute atomic E-state index is 0.249. The largest absolute Gasteiger partial charge is 0.462 e. The minimum Gasteiger partial charge on any atom is -0.462 e. The lowest BCUT2D eigenvalue weighted by atomic mass is 10.1. The first-order chi connectivity index (χ1) is 15.1. The van der Waals surface area contributed by atoms with E-state index in [2.05, 4.69) is 20.4 Å². The molecule has 0 saturated heterocycles. The Bertz CT molecular complexity index is 1220. The van der Waals surface area contributed by atoms with Crippen molar-refractivity contribution in [3.05, 3.63) is 77.1 Å². The lowest BCUT2D eigenvalue weighted by Gasteiger charge is -2.04. The van der Waals surface area contributed by atoms with Crippen LogP contribution in [0.1, 0.15) is 32.6 Å². The first kappa shape index (κ1) is 20.4. The molecule has 3 heterocycles. The van der Waals surface area contributed by atoms with Crippen LogP contribution in [0, 0.1) is 6.92 Å². The monoisotopic (exact) mass is 433 g/mol. The van der Waals surface area contributed by atoms with E-state index in [9.17, 15) is 9.59 Å². The van der Waals surface area contributed by atoms with E-state index in [4.69, 9.17) is 4.74 Å². The number of benzene rings is 1. The van der Waals surface area contributed by atoms with Crippen molar-refractivity contribution in [2.45, 2.75) is 13.8 Å². The maximum absolute atomic E-state index is 12.9. The van der Waals surface area contributed by atoms with Gasteiger partial charge in [-0.15, -0.1) is 0 Å². The summed E-state index contributed by atoms with van der Waals surface area (Å²) < 4.78 is 6.76. The number of nitrogens with zero attached hydrogens (tertiary/aromatic N) is 4. The molecular weight excluding hydrogens is 414 g/mol. The number of carbonyl (C=O) groups is 2. The van der Waals surface area contributed by atoms with Crippen LogP contribution in [0.5, 0.6) is 0 Å². The first-order valence-corrected chi connectivity index (χ1v) is 10.4. The molecule has 0 fully saturated rings. The summed E-state index contributed by atoms with van der Waals surface area (Å²) in [6, 6.07) is 14.8. The van der Waals surface area contributed by atoms with Gasteiger partial charge in [-0.3, -0.25) is 10.1 Å². The van der Waals surface area contributed by atoms with Gasteiger partial charge in [0.1, 0.15) is 4.88 Å². The van der Waals surface area contributed by atoms with Crippen molar-refractivity contribution < 1.29 is 14.3 Å². The molecule has 0 atom stereocenters. The Balaban J connectivity index is 1.63. The van der Waals surface area contributed by atoms with Crippen LogP contribution >= 0.6 is 11.3 Å². The molecular formula is C22H19N5O3S. The van der Waals surface area contributed by atoms with Gasteiger partial charge in [-0.2, -0.15) is 5.10 Å². The average molecular weight is 433 g/mol. The number of carbonyl (C=O) groups excluding carboxylic acids is 2. The number of hydrogen-bond acceptors (Lipinski definition) is 7. The molecule has 0 unspecified atom stereocenters. The molecule has 0 radical (unpaired) electrons. The zero-order chi connectivity index (χ0) is 21.8. The van der Waals surface area contributed by atoms with Gasteiger partial charge in [0.2, 0.25) is 0 Å². The Morgan fingerprint density at radius 3 is 2.61 bits per heavy atom. The van der Waals surface area contributed by atoms with Crippen LogP contribution < -0.4 is 5.32 Å². The number of pyridine rings is 1. The van der Waals surface area contributed by atoms with E-state index in [1.165, 1.54) is 6.20 Å². The zero-order valence-electron chi connectivity index (χ0n) is 16.9. The molecule has 0 aliphatic carbocycles. The standard InChI is InChI=1S/C22H19N5O3S/c1-3-30-21(29)19-18(15-9-5-4-6-10-15)25-22(31-19)26-20(28)16-13-24-27(14(16)2)17-11-7-8-12-23-17/h4-13H,3H2,1-2H3,(H,25,26,28). The van der Waals surface area contributed by atoms with Crippen LogP contribution in [0.25, 0.3) is 17.1 Å². The van der Waals surface area contributed by atoms with E-state index in [1.807, 2.05) is 42.5 Å². The third kappa shape index (κ3) is 4.22. The summed E-state index contributed by atoms with van der Waals surface area (Å²) in [4.78, 5) is 34.4. The quantitative estimate of drug-likeness (QED) is 0.459. The lowest BCUT2D eigenvalue weighted by molar-refractivity contribution is 0.0532. The van der Waals surface area contributed by atoms with E-state index in [0.29, 0.717) is 32.8 Å². The second-order valence-corrected chi connectivity index (χ2v) is 7.48. The third-order valence-corrected chi connectivity index (χ3v) is 5.43. The minimum atomic E-state index is -0.474. The molecule has 1 N–H and O–H groups in total. The smallest absolute Gasteiger partial charge is 0.350 e. The van der Waals surface area contributed by atoms with Crippen molar-refractivity contribution in [3.63, 3.8) is 0 Å². The number of thiazole rings is 1. The van der Waals surface area contributed by atoms with Crippen molar-refractivity contribution in [3.8, 4) is 17.1 Å². The maximum atomic E-state index is 12.9. The van der Waals surface area contributed by atoms with Gasteiger partial charge in [0.15, 0.2) is 10.9 Å². The van der Waals surface area contributed by atoms with Gasteiger partial charge in [0.05, 0.1) is 29.8 Å². The van der Waals surface area contributed by atoms with Gasteiger partial charge in [0.25, 0.3) is 5.91 Å². The predicted molar refractivity (Wildman–Crippen MR) is 118 cm³/mol. The van der Waals surface area contributed by atoms with E-state index >= 15 is 0 Å². The van der Waals surface area contributed by atoms with Crippen molar-refractivity contribution in [1.29, 1.82) is 0 Å². The molecule has 1 aromatic carbocycles. The number of hydrogen-bond donors (Lipinski definition) is 1. The van der Waals surface area contributed by atoms with Gasteiger partial charge in [0, 0.05) is 11.8 Å². The highest BCUT2D eigenvalue weighted by Gasteiger charge is 2.23. The molecule has 8 nitrogen and oxygen atoms in total. The summed E-state index contributed by atoms with van der Waals surface area (Å²) in [5.74, 6) is -0.230. The highest BCUT2D eigenvalue weighted by Crippen LogP contribution is 2.32. The number of ether oxygens (including phenoxy) is 1. The molecule has 0 aliphatic rings. The molecule has 156 valence electrons. The number of esters is 1. The normalized spacial score (nSPS) is 10.6. The fourth-order valence-electron chi connectivity index (χ4n) is 3.01. The van der Waals surface area contributed by atoms with Gasteiger partial charge in [-0.1, -0.05) is 47.7 Å². The Morgan fingerprint density at radius 2 is 1.90 bits per heavy atom. The van der Waals surface area contributed by atoms with Crippen molar-refractivity contribution >= 4 is 28.3 Å². The van der Waals surface area contributed by atoms with Crippen molar-refractivity contribution in [1.82, 2.24) is 19.7 Å². The number of anilines is 1. The van der Waals surface area contributed by atoms with E-state index in [1.54, 1.807) is 30.8 Å². The Morgan fingerprint density at radius 1 is 1.13 bits per heavy atom. The summed E-state index contributed by atoms with van der Waals surface area (Å²) in [6.45, 7) is 3.78. The molecule has 0 spiro atoms. The molecule has 0 bridgehead atoms. The van der Waals surface area contributed by atoms with E-state index in [0.717, 1.165) is 16.9 Å². The fraction of sp³-hybridized carbons (Fsp3) is 0.136. The summed E-state index contributed by atoms with van der Waals surface area (Å²) >= 11 is 1.08. The topological polar surface area (TPSA) is 99.0 Å². The Kier molecular flexibility index (Phi) is 5.85. The highest BCUT2D eigenvalue weighted by atomic mass is 32.1. The molecule has 0 saturated carbocycles. The van der Waals surface area contributed by atoms with Gasteiger partial charge >= 0.3 is 5.97 Å². The van der Waals surface area contributed by atoms with Gasteiger partial charge in [-0.25, -0.2) is 19.4 Å². The molecule has 0 aliphatic heterocycles. The number of aromatic nitrogens is 4. The molecule has 9 heteroatoms. The Hall–Kier alpha value is -3.85. The number of amides is 1. The second kappa shape index (κ2) is 8.88. The zero-order valence-corrected chi connectivity index (χ0v) is 17.7. The summed E-state index contributed by atoms with van der Waals surface area (Å²) in [5, 5.41) is 7.35. The SMILES string of the molecule is CCOC(=O)c1sc(NC(=O)c2cnn(-c3ccccn3)c2C)nc1-c1ccccc1. The van der Waals surface area contributed by atoms with E-state index < -0.39 is 5.97 Å². The molecule has 4 aromatic rings. The van der Waals surface area contributed by atoms with Gasteiger partial charge < -0.3 is 4.74 Å². The molecule has 31 heavy (non-hydrogen) atoms. The summed E-state index contributed by atoms with van der Waals surface area (Å²) in [5.41, 5.74) is 2.27. The van der Waals surface area contributed by atoms with Crippen LogP contribution in [-0.2, 0) is 4.74 Å². The van der Waals surface area contributed by atoms with Crippen LogP contribution in [0.2, 0.25) is 0 Å². The number of nitrogens with one attached hydrogen (secondary N) is 1. The van der Waals surface area contributed by atoms with Crippen LogP contribution in [0.3, 0.4) is 0 Å². The first-order valence-electron chi connectivity index (χ1n) is 9.59. The van der Waals surface area contributed by atoms with Crippen LogP contribution in [0.4, 0.5) is 5.13 Å². The van der Waals surface area contributed by atoms with Gasteiger partial charge in [-0.05, 0) is 26.0 Å². The third-order valence-electron chi connectivity index (χ3n) is 4.48. The fourth-order valence-corrected chi connectivity index (χ4v) is 3.88. The molecule has 4 rings (SSSR count). The molecule has 1 amide bonds. The second-order valence-electron chi connectivity index (χ2n) is 6.48. The maximum Gasteiger partial charge on any atom is 0.350 e. The number of rotatable bonds is 6. The average Bonchev–Trinajstić information content (AvgIpc) is 3.39. The van der Waals surface area contributed by atoms with Crippen LogP contribution in [-0.4, -0.2) is 38.2 Å².